The monoisotopic (exact) mass is 383 g/mol. The van der Waals surface area contributed by atoms with Gasteiger partial charge in [0.1, 0.15) is 22.8 Å². The Morgan fingerprint density at radius 1 is 1.11 bits per heavy atom. The van der Waals surface area contributed by atoms with E-state index < -0.39 is 28.9 Å². The summed E-state index contributed by atoms with van der Waals surface area (Å²) >= 11 is 0. The molecule has 0 bridgehead atoms. The molecular formula is C21H15F2NO4. The molecule has 5 nitrogen and oxygen atoms in total. The predicted molar refractivity (Wildman–Crippen MR) is 96.0 cm³/mol. The number of nitrogens with one attached hydrogen (secondary N) is 1. The van der Waals surface area contributed by atoms with Gasteiger partial charge in [-0.05, 0) is 47.5 Å². The number of furan rings is 1. The largest absolute Gasteiger partial charge is 0.463 e. The lowest BCUT2D eigenvalue weighted by atomic mass is 9.72. The average Bonchev–Trinajstić information content (AvgIpc) is 3.24. The van der Waals surface area contributed by atoms with Crippen LogP contribution < -0.4 is 5.32 Å². The van der Waals surface area contributed by atoms with Gasteiger partial charge in [0.15, 0.2) is 0 Å². The molecule has 0 aliphatic carbocycles. The van der Waals surface area contributed by atoms with Crippen LogP contribution in [0.15, 0.2) is 59.0 Å². The van der Waals surface area contributed by atoms with Crippen molar-refractivity contribution in [1.82, 2.24) is 0 Å². The molecule has 1 N–H and O–H groups in total. The van der Waals surface area contributed by atoms with Gasteiger partial charge in [0.2, 0.25) is 11.7 Å². The van der Waals surface area contributed by atoms with Gasteiger partial charge in [-0.1, -0.05) is 18.2 Å². The molecule has 2 heterocycles. The smallest absolute Gasteiger partial charge is 0.373 e. The Morgan fingerprint density at radius 2 is 1.89 bits per heavy atom. The number of carbonyl (C=O) groups excluding carboxylic acids is 2. The number of hydrogen-bond acceptors (Lipinski definition) is 4. The van der Waals surface area contributed by atoms with Gasteiger partial charge in [-0.25, -0.2) is 13.6 Å². The number of anilines is 1. The number of fused-ring (bicyclic) bond motifs is 1. The first-order valence-electron chi connectivity index (χ1n) is 8.48. The second kappa shape index (κ2) is 6.60. The van der Waals surface area contributed by atoms with Crippen molar-refractivity contribution in [1.29, 1.82) is 0 Å². The van der Waals surface area contributed by atoms with Gasteiger partial charge >= 0.3 is 5.97 Å². The van der Waals surface area contributed by atoms with Crippen LogP contribution >= 0.6 is 0 Å². The number of esters is 1. The van der Waals surface area contributed by atoms with E-state index in [1.54, 1.807) is 12.1 Å². The number of methoxy groups -OCH3 is 1. The van der Waals surface area contributed by atoms with E-state index in [0.29, 0.717) is 22.6 Å². The van der Waals surface area contributed by atoms with Crippen LogP contribution in [0.1, 0.15) is 27.4 Å². The van der Waals surface area contributed by atoms with E-state index in [9.17, 15) is 18.4 Å². The molecule has 142 valence electrons. The summed E-state index contributed by atoms with van der Waals surface area (Å²) in [6.07, 6.45) is 0.0118. The fraction of sp³-hybridized carbons (Fsp3) is 0.143. The minimum absolute atomic E-state index is 0.00960. The number of carbonyl (C=O) groups is 2. The zero-order valence-electron chi connectivity index (χ0n) is 14.8. The van der Waals surface area contributed by atoms with Crippen molar-refractivity contribution >= 4 is 17.6 Å². The van der Waals surface area contributed by atoms with Gasteiger partial charge in [0, 0.05) is 12.1 Å². The van der Waals surface area contributed by atoms with Crippen molar-refractivity contribution in [3.63, 3.8) is 0 Å². The highest BCUT2D eigenvalue weighted by atomic mass is 19.1. The summed E-state index contributed by atoms with van der Waals surface area (Å²) in [5.41, 5.74) is -0.128. The first-order chi connectivity index (χ1) is 13.4. The van der Waals surface area contributed by atoms with E-state index in [1.165, 1.54) is 49.6 Å². The highest BCUT2D eigenvalue weighted by Crippen LogP contribution is 2.45. The van der Waals surface area contributed by atoms with Gasteiger partial charge in [0.25, 0.3) is 0 Å². The molecule has 0 fully saturated rings. The summed E-state index contributed by atoms with van der Waals surface area (Å²) < 4.78 is 37.8. The number of benzene rings is 2. The van der Waals surface area contributed by atoms with Gasteiger partial charge in [0.05, 0.1) is 7.11 Å². The van der Waals surface area contributed by atoms with Gasteiger partial charge in [-0.3, -0.25) is 4.79 Å². The van der Waals surface area contributed by atoms with Crippen LogP contribution in [0.4, 0.5) is 14.5 Å². The summed E-state index contributed by atoms with van der Waals surface area (Å²) in [5, 5.41) is 2.67. The quantitative estimate of drug-likeness (QED) is 0.696. The fourth-order valence-corrected chi connectivity index (χ4v) is 3.61. The number of halogens is 2. The standard InChI is InChI=1S/C21H15F2NO4/c1-27-19(25)18-8-6-15(28-18)11-21(12-3-2-4-13(22)9-12)16-7-5-14(23)10-17(16)24-20(21)26/h2-10H,11H2,1H3,(H,24,26). The Balaban J connectivity index is 1.88. The van der Waals surface area contributed by atoms with Crippen LogP contribution in [0.2, 0.25) is 0 Å². The molecule has 0 spiro atoms. The van der Waals surface area contributed by atoms with Crippen molar-refractivity contribution in [2.75, 3.05) is 12.4 Å². The normalized spacial score (nSPS) is 17.9. The second-order valence-electron chi connectivity index (χ2n) is 6.49. The molecular weight excluding hydrogens is 368 g/mol. The van der Waals surface area contributed by atoms with Gasteiger partial charge in [-0.15, -0.1) is 0 Å². The molecule has 1 aliphatic rings. The Kier molecular flexibility index (Phi) is 4.22. The third-order valence-corrected chi connectivity index (χ3v) is 4.88. The summed E-state index contributed by atoms with van der Waals surface area (Å²) in [4.78, 5) is 24.8. The second-order valence-corrected chi connectivity index (χ2v) is 6.49. The van der Waals surface area contributed by atoms with E-state index in [2.05, 4.69) is 10.1 Å². The van der Waals surface area contributed by atoms with Crippen molar-refractivity contribution in [2.45, 2.75) is 11.8 Å². The zero-order chi connectivity index (χ0) is 19.9. The molecule has 7 heteroatoms. The Morgan fingerprint density at radius 3 is 2.64 bits per heavy atom. The molecule has 0 saturated carbocycles. The molecule has 1 amide bonds. The number of ether oxygens (including phenoxy) is 1. The average molecular weight is 383 g/mol. The highest BCUT2D eigenvalue weighted by molar-refractivity contribution is 6.09. The first-order valence-corrected chi connectivity index (χ1v) is 8.48. The lowest BCUT2D eigenvalue weighted by molar-refractivity contribution is -0.119. The number of rotatable bonds is 4. The maximum absolute atomic E-state index is 14.0. The molecule has 1 aliphatic heterocycles. The topological polar surface area (TPSA) is 68.5 Å². The van der Waals surface area contributed by atoms with E-state index in [1.807, 2.05) is 0 Å². The number of amides is 1. The minimum Gasteiger partial charge on any atom is -0.463 e. The lowest BCUT2D eigenvalue weighted by Crippen LogP contribution is -2.38. The van der Waals surface area contributed by atoms with Gasteiger partial charge < -0.3 is 14.5 Å². The van der Waals surface area contributed by atoms with Crippen LogP contribution in [-0.4, -0.2) is 19.0 Å². The summed E-state index contributed by atoms with van der Waals surface area (Å²) in [6.45, 7) is 0. The van der Waals surface area contributed by atoms with E-state index >= 15 is 0 Å². The Labute approximate surface area is 158 Å². The maximum Gasteiger partial charge on any atom is 0.373 e. The SMILES string of the molecule is COC(=O)c1ccc(CC2(c3cccc(F)c3)C(=O)Nc3cc(F)ccc32)o1. The van der Waals surface area contributed by atoms with E-state index in [-0.39, 0.29) is 12.2 Å². The highest BCUT2D eigenvalue weighted by Gasteiger charge is 2.49. The van der Waals surface area contributed by atoms with Crippen molar-refractivity contribution in [3.05, 3.63) is 88.9 Å². The summed E-state index contributed by atoms with van der Waals surface area (Å²) in [6, 6.07) is 12.6. The number of hydrogen-bond donors (Lipinski definition) is 1. The van der Waals surface area contributed by atoms with E-state index in [4.69, 9.17) is 4.42 Å². The van der Waals surface area contributed by atoms with Crippen LogP contribution in [0, 0.1) is 11.6 Å². The molecule has 28 heavy (non-hydrogen) atoms. The molecule has 1 atom stereocenters. The Bertz CT molecular complexity index is 1090. The summed E-state index contributed by atoms with van der Waals surface area (Å²) in [5.74, 6) is -1.77. The lowest BCUT2D eigenvalue weighted by Gasteiger charge is -2.27. The molecule has 4 rings (SSSR count). The van der Waals surface area contributed by atoms with Crippen molar-refractivity contribution in [3.8, 4) is 0 Å². The van der Waals surface area contributed by atoms with Crippen LogP contribution in [0.3, 0.4) is 0 Å². The summed E-state index contributed by atoms with van der Waals surface area (Å²) in [7, 11) is 1.23. The maximum atomic E-state index is 14.0. The molecule has 2 aromatic carbocycles. The molecule has 0 radical (unpaired) electrons. The third-order valence-electron chi connectivity index (χ3n) is 4.88. The molecule has 1 unspecified atom stereocenters. The van der Waals surface area contributed by atoms with Gasteiger partial charge in [-0.2, -0.15) is 0 Å². The minimum atomic E-state index is -1.34. The third kappa shape index (κ3) is 2.76. The van der Waals surface area contributed by atoms with Crippen LogP contribution in [0.25, 0.3) is 0 Å². The Hall–Kier alpha value is -3.48. The van der Waals surface area contributed by atoms with Crippen molar-refractivity contribution in [2.24, 2.45) is 0 Å². The molecule has 1 aromatic heterocycles. The predicted octanol–water partition coefficient (Wildman–Crippen LogP) is 3.83. The van der Waals surface area contributed by atoms with Crippen LogP contribution in [0.5, 0.6) is 0 Å². The van der Waals surface area contributed by atoms with Crippen molar-refractivity contribution < 1.29 is 27.5 Å². The van der Waals surface area contributed by atoms with E-state index in [0.717, 1.165) is 0 Å². The molecule has 3 aromatic rings. The zero-order valence-corrected chi connectivity index (χ0v) is 14.8. The first kappa shape index (κ1) is 17.9. The molecule has 0 saturated heterocycles. The fourth-order valence-electron chi connectivity index (χ4n) is 3.61. The van der Waals surface area contributed by atoms with Crippen LogP contribution in [-0.2, 0) is 21.4 Å².